The quantitative estimate of drug-likeness (QED) is 0.472. The highest BCUT2D eigenvalue weighted by Gasteiger charge is 2.56. The van der Waals surface area contributed by atoms with Crippen molar-refractivity contribution < 1.29 is 39.6 Å². The minimum Gasteiger partial charge on any atom is -0.367 e. The Balaban J connectivity index is 5.41. The molecule has 0 rings (SSSR count). The Morgan fingerprint density at radius 3 is 1.65 bits per heavy atom. The fourth-order valence-electron chi connectivity index (χ4n) is 1.30. The molecule has 2 N–H and O–H groups in total. The zero-order valence-electron chi connectivity index (χ0n) is 10.9. The molecule has 138 valence electrons. The number of halogens is 9. The molecule has 0 fully saturated rings. The summed E-state index contributed by atoms with van der Waals surface area (Å²) >= 11 is 14.6. The third-order valence-corrected chi connectivity index (χ3v) is 6.73. The van der Waals surface area contributed by atoms with E-state index in [9.17, 15) is 39.6 Å². The maximum atomic E-state index is 13.5. The van der Waals surface area contributed by atoms with Gasteiger partial charge in [-0.2, -0.15) is 22.0 Å². The van der Waals surface area contributed by atoms with Gasteiger partial charge >= 0.3 is 11.6 Å². The third-order valence-electron chi connectivity index (χ3n) is 2.69. The summed E-state index contributed by atoms with van der Waals surface area (Å²) in [6.45, 7) is 0. The number of sulfone groups is 1. The van der Waals surface area contributed by atoms with Gasteiger partial charge in [-0.05, 0) is 18.0 Å². The lowest BCUT2D eigenvalue weighted by Crippen LogP contribution is -2.49. The molecule has 14 heteroatoms. The first-order valence-electron chi connectivity index (χ1n) is 5.58. The van der Waals surface area contributed by atoms with Crippen LogP contribution in [-0.2, 0) is 14.6 Å². The number of carbonyl (C=O) groups is 1. The lowest BCUT2D eigenvalue weighted by atomic mass is 10.1. The summed E-state index contributed by atoms with van der Waals surface area (Å²) in [5.74, 6) is -3.51. The highest BCUT2D eigenvalue weighted by molar-refractivity contribution is 7.95. The van der Waals surface area contributed by atoms with Gasteiger partial charge in [0.05, 0.1) is 12.2 Å². The maximum absolute atomic E-state index is 13.5. The predicted molar refractivity (Wildman–Crippen MR) is 72.0 cm³/mol. The van der Waals surface area contributed by atoms with Crippen LogP contribution in [0.4, 0.5) is 26.3 Å². The van der Waals surface area contributed by atoms with Gasteiger partial charge in [0.25, 0.3) is 11.0 Å². The van der Waals surface area contributed by atoms with Crippen molar-refractivity contribution in [2.75, 3.05) is 5.75 Å². The Labute approximate surface area is 142 Å². The Morgan fingerprint density at radius 1 is 0.913 bits per heavy atom. The molecule has 0 aromatic carbocycles. The van der Waals surface area contributed by atoms with Crippen LogP contribution in [0.2, 0.25) is 0 Å². The predicted octanol–water partition coefficient (Wildman–Crippen LogP) is 3.29. The van der Waals surface area contributed by atoms with Crippen LogP contribution in [0.15, 0.2) is 0 Å². The van der Waals surface area contributed by atoms with E-state index in [1.165, 1.54) is 0 Å². The average molecular weight is 433 g/mol. The van der Waals surface area contributed by atoms with Gasteiger partial charge in [0, 0.05) is 6.42 Å². The van der Waals surface area contributed by atoms with E-state index in [-0.39, 0.29) is 0 Å². The summed E-state index contributed by atoms with van der Waals surface area (Å²) in [6, 6.07) is 0. The Kier molecular flexibility index (Phi) is 6.97. The van der Waals surface area contributed by atoms with E-state index < -0.39 is 61.7 Å². The molecule has 0 heterocycles. The first kappa shape index (κ1) is 22.9. The van der Waals surface area contributed by atoms with Crippen molar-refractivity contribution in [2.45, 2.75) is 40.2 Å². The van der Waals surface area contributed by atoms with Crippen molar-refractivity contribution in [3.05, 3.63) is 0 Å². The number of nitrogens with two attached hydrogens (primary N) is 1. The summed E-state index contributed by atoms with van der Waals surface area (Å²) in [5, 5.41) is -8.65. The molecule has 0 radical (unpaired) electrons. The number of hydrogen-bond donors (Lipinski definition) is 1. The van der Waals surface area contributed by atoms with Gasteiger partial charge in [0.15, 0.2) is 9.84 Å². The molecule has 23 heavy (non-hydrogen) atoms. The molecule has 0 bridgehead atoms. The maximum Gasteiger partial charge on any atom is 0.390 e. The smallest absolute Gasteiger partial charge is 0.367 e. The van der Waals surface area contributed by atoms with Crippen LogP contribution < -0.4 is 5.73 Å². The highest BCUT2D eigenvalue weighted by Crippen LogP contribution is 2.45. The van der Waals surface area contributed by atoms with Crippen LogP contribution in [0.5, 0.6) is 0 Å². The molecule has 0 aliphatic rings. The number of primary amides is 1. The van der Waals surface area contributed by atoms with Gasteiger partial charge in [-0.15, -0.1) is 0 Å². The van der Waals surface area contributed by atoms with Gasteiger partial charge < -0.3 is 5.73 Å². The number of hydrogen-bond acceptors (Lipinski definition) is 3. The van der Waals surface area contributed by atoms with E-state index in [2.05, 4.69) is 11.6 Å². The van der Waals surface area contributed by atoms with E-state index in [0.717, 1.165) is 0 Å². The summed E-state index contributed by atoms with van der Waals surface area (Å²) in [4.78, 5) is 11.2. The first-order valence-corrected chi connectivity index (χ1v) is 8.37. The molecule has 2 atom stereocenters. The van der Waals surface area contributed by atoms with Gasteiger partial charge in [0.1, 0.15) is 0 Å². The van der Waals surface area contributed by atoms with Crippen molar-refractivity contribution in [3.8, 4) is 0 Å². The Bertz CT molecular complexity index is 548. The van der Waals surface area contributed by atoms with Crippen LogP contribution >= 0.6 is 34.8 Å². The molecular formula is C9H10Cl3F6NO3S. The second-order valence-electron chi connectivity index (χ2n) is 4.48. The molecule has 0 saturated carbocycles. The number of rotatable bonds is 8. The second-order valence-corrected chi connectivity index (χ2v) is 8.76. The second kappa shape index (κ2) is 7.01. The monoisotopic (exact) mass is 431 g/mol. The molecule has 1 amide bonds. The average Bonchev–Trinajstić information content (AvgIpc) is 2.31. The Morgan fingerprint density at radius 2 is 1.35 bits per heavy atom. The van der Waals surface area contributed by atoms with Crippen LogP contribution in [-0.4, -0.2) is 41.0 Å². The molecule has 0 aliphatic carbocycles. The van der Waals surface area contributed by atoms with Crippen LogP contribution in [0.1, 0.15) is 19.3 Å². The number of carbonyl (C=O) groups excluding carboxylic acids is 1. The minimum absolute atomic E-state index is 1.41. The van der Waals surface area contributed by atoms with Crippen molar-refractivity contribution in [1.29, 1.82) is 0 Å². The van der Waals surface area contributed by atoms with Gasteiger partial charge in [-0.25, -0.2) is 12.8 Å². The highest BCUT2D eigenvalue weighted by atomic mass is 35.5. The normalized spacial score (nSPS) is 19.0. The number of amides is 1. The van der Waals surface area contributed by atoms with Crippen LogP contribution in [0, 0.1) is 0 Å². The summed E-state index contributed by atoms with van der Waals surface area (Å²) in [5.41, 5.74) is 4.72. The molecule has 0 aliphatic heterocycles. The molecule has 0 saturated heterocycles. The molecule has 0 aromatic rings. The molecular weight excluding hydrogens is 423 g/mol. The summed E-state index contributed by atoms with van der Waals surface area (Å²) < 4.78 is 95.4. The van der Waals surface area contributed by atoms with E-state index in [1.807, 2.05) is 0 Å². The standard InChI is InChI=1S/C9H10Cl3F6NO3S/c10-6(5(19)20,1-2-7(11,13)9(12,17)18)23(21,22)4-3-8(14,15)16/h1-4H2,(H2,19,20). The molecule has 0 spiro atoms. The zero-order valence-corrected chi connectivity index (χ0v) is 14.0. The van der Waals surface area contributed by atoms with Gasteiger partial charge in [0.2, 0.25) is 4.21 Å². The van der Waals surface area contributed by atoms with Crippen molar-refractivity contribution in [2.24, 2.45) is 5.73 Å². The van der Waals surface area contributed by atoms with E-state index in [1.54, 1.807) is 0 Å². The lowest BCUT2D eigenvalue weighted by molar-refractivity contribution is -0.130. The summed E-state index contributed by atoms with van der Waals surface area (Å²) in [6.07, 6.45) is -9.75. The third kappa shape index (κ3) is 6.02. The van der Waals surface area contributed by atoms with Crippen LogP contribution in [0.25, 0.3) is 0 Å². The fourth-order valence-corrected chi connectivity index (χ4v) is 3.36. The van der Waals surface area contributed by atoms with E-state index in [0.29, 0.717) is 0 Å². The summed E-state index contributed by atoms with van der Waals surface area (Å²) in [7, 11) is -5.06. The van der Waals surface area contributed by atoms with Gasteiger partial charge in [-0.3, -0.25) is 4.79 Å². The largest absolute Gasteiger partial charge is 0.390 e. The van der Waals surface area contributed by atoms with E-state index in [4.69, 9.17) is 28.9 Å². The zero-order chi connectivity index (χ0) is 18.9. The van der Waals surface area contributed by atoms with Crippen molar-refractivity contribution in [3.63, 3.8) is 0 Å². The van der Waals surface area contributed by atoms with Crippen LogP contribution in [0.3, 0.4) is 0 Å². The first-order chi connectivity index (χ1) is 9.86. The minimum atomic E-state index is -5.06. The SMILES string of the molecule is NC(=O)C(Cl)(CCC(F)(Cl)C(F)(F)Cl)S(=O)(=O)CCC(F)(F)F. The molecule has 2 unspecified atom stereocenters. The Hall–Kier alpha value is -0.130. The van der Waals surface area contributed by atoms with Gasteiger partial charge in [-0.1, -0.05) is 23.2 Å². The number of alkyl halides is 9. The van der Waals surface area contributed by atoms with E-state index >= 15 is 0 Å². The molecule has 4 nitrogen and oxygen atoms in total. The topological polar surface area (TPSA) is 77.2 Å². The molecule has 0 aromatic heterocycles. The fraction of sp³-hybridized carbons (Fsp3) is 0.889. The lowest BCUT2D eigenvalue weighted by Gasteiger charge is -2.28. The van der Waals surface area contributed by atoms with Crippen molar-refractivity contribution >= 4 is 50.5 Å². The van der Waals surface area contributed by atoms with Crippen molar-refractivity contribution in [1.82, 2.24) is 0 Å².